The molecule has 2 heterocycles. The van der Waals surface area contributed by atoms with E-state index in [1.54, 1.807) is 6.08 Å². The highest BCUT2D eigenvalue weighted by atomic mass is 16.6. The van der Waals surface area contributed by atoms with Gasteiger partial charge in [-0.2, -0.15) is 0 Å². The number of carbonyl (C=O) groups excluding carboxylic acids is 1. The van der Waals surface area contributed by atoms with Gasteiger partial charge in [0.1, 0.15) is 0 Å². The predicted molar refractivity (Wildman–Crippen MR) is 79.1 cm³/mol. The van der Waals surface area contributed by atoms with Crippen LogP contribution in [-0.4, -0.2) is 36.1 Å². The third-order valence-corrected chi connectivity index (χ3v) is 4.49. The average molecular weight is 271 g/mol. The number of hydrogen-bond donors (Lipinski definition) is 0. The highest BCUT2D eigenvalue weighted by Crippen LogP contribution is 2.40. The van der Waals surface area contributed by atoms with Crippen LogP contribution in [-0.2, 0) is 9.53 Å². The number of hydrogen-bond acceptors (Lipinski definition) is 2. The summed E-state index contributed by atoms with van der Waals surface area (Å²) in [5, 5.41) is 0. The van der Waals surface area contributed by atoms with Crippen LogP contribution < -0.4 is 0 Å². The molecular formula is C17H21NO2. The Morgan fingerprint density at radius 2 is 1.95 bits per heavy atom. The molecule has 2 fully saturated rings. The Hall–Kier alpha value is -1.61. The largest absolute Gasteiger partial charge is 0.370 e. The molecule has 1 aromatic carbocycles. The zero-order valence-corrected chi connectivity index (χ0v) is 11.9. The molecule has 1 aromatic rings. The van der Waals surface area contributed by atoms with Gasteiger partial charge in [-0.15, -0.1) is 0 Å². The normalized spacial score (nSPS) is 26.9. The molecule has 1 amide bonds. The monoisotopic (exact) mass is 271 g/mol. The molecule has 0 aliphatic carbocycles. The molecule has 106 valence electrons. The first-order chi connectivity index (χ1) is 9.67. The number of piperidine rings is 1. The van der Waals surface area contributed by atoms with Crippen molar-refractivity contribution in [1.29, 1.82) is 0 Å². The van der Waals surface area contributed by atoms with Gasteiger partial charge in [0.2, 0.25) is 5.91 Å². The molecule has 0 radical (unpaired) electrons. The Kier molecular flexibility index (Phi) is 3.62. The Morgan fingerprint density at radius 3 is 2.55 bits per heavy atom. The summed E-state index contributed by atoms with van der Waals surface area (Å²) >= 11 is 0. The van der Waals surface area contributed by atoms with E-state index >= 15 is 0 Å². The first-order valence-corrected chi connectivity index (χ1v) is 7.33. The molecule has 0 aromatic heterocycles. The van der Waals surface area contributed by atoms with Crippen LogP contribution in [0.15, 0.2) is 36.4 Å². The van der Waals surface area contributed by atoms with E-state index in [0.717, 1.165) is 38.1 Å². The fourth-order valence-corrected chi connectivity index (χ4v) is 2.90. The molecule has 0 bridgehead atoms. The number of epoxide rings is 1. The summed E-state index contributed by atoms with van der Waals surface area (Å²) < 4.78 is 5.52. The second kappa shape index (κ2) is 5.41. The second-order valence-electron chi connectivity index (χ2n) is 5.94. The lowest BCUT2D eigenvalue weighted by Gasteiger charge is -2.33. The van der Waals surface area contributed by atoms with Gasteiger partial charge in [0.25, 0.3) is 0 Å². The maximum atomic E-state index is 12.2. The van der Waals surface area contributed by atoms with Crippen LogP contribution in [0.1, 0.15) is 25.3 Å². The average Bonchev–Trinajstić information content (AvgIpc) is 3.25. The van der Waals surface area contributed by atoms with E-state index in [1.165, 1.54) is 0 Å². The predicted octanol–water partition coefficient (Wildman–Crippen LogP) is 2.73. The van der Waals surface area contributed by atoms with Gasteiger partial charge in [-0.05, 0) is 37.3 Å². The van der Waals surface area contributed by atoms with E-state index < -0.39 is 0 Å². The van der Waals surface area contributed by atoms with Gasteiger partial charge in [-0.25, -0.2) is 0 Å². The smallest absolute Gasteiger partial charge is 0.246 e. The molecule has 0 saturated carbocycles. The van der Waals surface area contributed by atoms with Crippen LogP contribution >= 0.6 is 0 Å². The van der Waals surface area contributed by atoms with E-state index in [9.17, 15) is 4.79 Å². The summed E-state index contributed by atoms with van der Waals surface area (Å²) in [5.41, 5.74) is 1.17. The summed E-state index contributed by atoms with van der Waals surface area (Å²) in [7, 11) is 0. The van der Waals surface area contributed by atoms with Crippen molar-refractivity contribution in [1.82, 2.24) is 4.90 Å². The van der Waals surface area contributed by atoms with Gasteiger partial charge in [-0.1, -0.05) is 30.3 Å². The van der Waals surface area contributed by atoms with E-state index in [-0.39, 0.29) is 11.5 Å². The molecule has 0 N–H and O–H groups in total. The lowest BCUT2D eigenvalue weighted by molar-refractivity contribution is -0.127. The van der Waals surface area contributed by atoms with Crippen LogP contribution in [0.25, 0.3) is 6.08 Å². The van der Waals surface area contributed by atoms with Crippen molar-refractivity contribution < 1.29 is 9.53 Å². The minimum absolute atomic E-state index is 0.106. The van der Waals surface area contributed by atoms with Crippen molar-refractivity contribution in [3.8, 4) is 0 Å². The van der Waals surface area contributed by atoms with Crippen LogP contribution in [0.4, 0.5) is 0 Å². The van der Waals surface area contributed by atoms with Crippen LogP contribution in [0.2, 0.25) is 0 Å². The highest BCUT2D eigenvalue weighted by Gasteiger charge is 2.47. The summed E-state index contributed by atoms with van der Waals surface area (Å²) in [5.74, 6) is 0.735. The number of likely N-dealkylation sites (tertiary alicyclic amines) is 1. The summed E-state index contributed by atoms with van der Waals surface area (Å²) in [6.45, 7) is 4.77. The number of rotatable bonds is 3. The van der Waals surface area contributed by atoms with Crippen LogP contribution in [0.3, 0.4) is 0 Å². The number of ether oxygens (including phenoxy) is 1. The Labute approximate surface area is 120 Å². The Balaban J connectivity index is 1.53. The minimum atomic E-state index is 0.106. The molecule has 20 heavy (non-hydrogen) atoms. The molecule has 2 saturated heterocycles. The van der Waals surface area contributed by atoms with Gasteiger partial charge in [0, 0.05) is 19.2 Å². The number of nitrogens with zero attached hydrogens (tertiary/aromatic N) is 1. The lowest BCUT2D eigenvalue weighted by atomic mass is 9.85. The maximum absolute atomic E-state index is 12.2. The Morgan fingerprint density at radius 1 is 1.30 bits per heavy atom. The van der Waals surface area contributed by atoms with E-state index in [2.05, 4.69) is 6.92 Å². The van der Waals surface area contributed by atoms with Crippen molar-refractivity contribution in [3.63, 3.8) is 0 Å². The van der Waals surface area contributed by atoms with Crippen molar-refractivity contribution in [2.45, 2.75) is 25.4 Å². The van der Waals surface area contributed by atoms with Crippen molar-refractivity contribution >= 4 is 12.0 Å². The topological polar surface area (TPSA) is 32.8 Å². The third kappa shape index (κ3) is 2.93. The summed E-state index contributed by atoms with van der Waals surface area (Å²) in [4.78, 5) is 14.1. The SMILES string of the molecule is C[C@]1(C2CCN(C(=O)/C=C/c3ccccc3)CC2)CO1. The van der Waals surface area contributed by atoms with E-state index in [1.807, 2.05) is 41.3 Å². The van der Waals surface area contributed by atoms with E-state index in [4.69, 9.17) is 4.74 Å². The molecule has 0 unspecified atom stereocenters. The van der Waals surface area contributed by atoms with Gasteiger partial charge in [0.05, 0.1) is 12.2 Å². The fourth-order valence-electron chi connectivity index (χ4n) is 2.90. The second-order valence-corrected chi connectivity index (χ2v) is 5.94. The minimum Gasteiger partial charge on any atom is -0.370 e. The summed E-state index contributed by atoms with van der Waals surface area (Å²) in [6.07, 6.45) is 5.69. The number of benzene rings is 1. The van der Waals surface area contributed by atoms with Crippen molar-refractivity contribution in [2.24, 2.45) is 5.92 Å². The van der Waals surface area contributed by atoms with Gasteiger partial charge >= 0.3 is 0 Å². The fraction of sp³-hybridized carbons (Fsp3) is 0.471. The quantitative estimate of drug-likeness (QED) is 0.625. The molecule has 2 aliphatic rings. The van der Waals surface area contributed by atoms with Gasteiger partial charge < -0.3 is 9.64 Å². The zero-order chi connectivity index (χ0) is 14.0. The maximum Gasteiger partial charge on any atom is 0.246 e. The summed E-state index contributed by atoms with van der Waals surface area (Å²) in [6, 6.07) is 9.94. The molecule has 3 heteroatoms. The first-order valence-electron chi connectivity index (χ1n) is 7.33. The van der Waals surface area contributed by atoms with Crippen LogP contribution in [0, 0.1) is 5.92 Å². The molecule has 3 rings (SSSR count). The molecule has 1 atom stereocenters. The van der Waals surface area contributed by atoms with E-state index in [0.29, 0.717) is 5.92 Å². The van der Waals surface area contributed by atoms with Gasteiger partial charge in [0.15, 0.2) is 0 Å². The first kappa shape index (κ1) is 13.4. The highest BCUT2D eigenvalue weighted by molar-refractivity contribution is 5.91. The van der Waals surface area contributed by atoms with Crippen molar-refractivity contribution in [2.75, 3.05) is 19.7 Å². The molecular weight excluding hydrogens is 250 g/mol. The third-order valence-electron chi connectivity index (χ3n) is 4.49. The number of amides is 1. The number of carbonyl (C=O) groups is 1. The standard InChI is InChI=1S/C17H21NO2/c1-17(13-20-17)15-9-11-18(12-10-15)16(19)8-7-14-5-3-2-4-6-14/h2-8,15H,9-13H2,1H3/b8-7+/t17-/m1/s1. The zero-order valence-electron chi connectivity index (χ0n) is 11.9. The van der Waals surface area contributed by atoms with Crippen molar-refractivity contribution in [3.05, 3.63) is 42.0 Å². The molecule has 3 nitrogen and oxygen atoms in total. The Bertz CT molecular complexity index is 497. The molecule has 0 spiro atoms. The molecule has 2 aliphatic heterocycles. The van der Waals surface area contributed by atoms with Crippen LogP contribution in [0.5, 0.6) is 0 Å². The lowest BCUT2D eigenvalue weighted by Crippen LogP contribution is -2.40. The van der Waals surface area contributed by atoms with Gasteiger partial charge in [-0.3, -0.25) is 4.79 Å².